The second kappa shape index (κ2) is 8.06. The molecule has 0 saturated heterocycles. The minimum absolute atomic E-state index is 0.157. The molecule has 122 valence electrons. The third-order valence-corrected chi connectivity index (χ3v) is 4.59. The van der Waals surface area contributed by atoms with Gasteiger partial charge >= 0.3 is 13.6 Å². The van der Waals surface area contributed by atoms with Crippen LogP contribution in [-0.2, 0) is 31.2 Å². The molecule has 2 aromatic rings. The Kier molecular flexibility index (Phi) is 6.11. The Labute approximate surface area is 135 Å². The second-order valence-electron chi connectivity index (χ2n) is 5.09. The van der Waals surface area contributed by atoms with Crippen molar-refractivity contribution in [2.45, 2.75) is 18.7 Å². The Balaban J connectivity index is 2.10. The lowest BCUT2D eigenvalue weighted by Crippen LogP contribution is -2.27. The van der Waals surface area contributed by atoms with Gasteiger partial charge in [-0.25, -0.2) is 4.79 Å². The van der Waals surface area contributed by atoms with E-state index in [0.29, 0.717) is 5.56 Å². The van der Waals surface area contributed by atoms with E-state index in [1.54, 1.807) is 24.3 Å². The number of hydrogen-bond acceptors (Lipinski definition) is 4. The maximum Gasteiger partial charge on any atom is 0.335 e. The van der Waals surface area contributed by atoms with E-state index in [2.05, 4.69) is 4.74 Å². The summed E-state index contributed by atoms with van der Waals surface area (Å²) in [5, 5.41) is 0. The highest BCUT2D eigenvalue weighted by Crippen LogP contribution is 2.47. The van der Waals surface area contributed by atoms with Gasteiger partial charge in [0.25, 0.3) is 0 Å². The standard InChI is InChI=1S/C17H19O5P/c1-21-17(18)16(12-14-8-4-2-5-9-14)22-23(19,20)13-15-10-6-3-7-11-15/h2-11,16H,12-13H2,1H3,(H,19,20)/t16-/m1/s1. The van der Waals surface area contributed by atoms with E-state index in [9.17, 15) is 14.3 Å². The van der Waals surface area contributed by atoms with Crippen LogP contribution in [0.4, 0.5) is 0 Å². The van der Waals surface area contributed by atoms with Gasteiger partial charge in [0.15, 0.2) is 6.10 Å². The average Bonchev–Trinajstić information content (AvgIpc) is 2.54. The van der Waals surface area contributed by atoms with Crippen LogP contribution in [0.15, 0.2) is 60.7 Å². The Morgan fingerprint density at radius 2 is 1.57 bits per heavy atom. The summed E-state index contributed by atoms with van der Waals surface area (Å²) in [5.74, 6) is -0.670. The highest BCUT2D eigenvalue weighted by atomic mass is 31.2. The predicted octanol–water partition coefficient (Wildman–Crippen LogP) is 3.17. The second-order valence-corrected chi connectivity index (χ2v) is 6.89. The number of benzene rings is 2. The van der Waals surface area contributed by atoms with Crippen molar-refractivity contribution in [2.24, 2.45) is 0 Å². The maximum absolute atomic E-state index is 12.3. The monoisotopic (exact) mass is 334 g/mol. The summed E-state index contributed by atoms with van der Waals surface area (Å²) < 4.78 is 22.2. The summed E-state index contributed by atoms with van der Waals surface area (Å²) in [6, 6.07) is 18.0. The average molecular weight is 334 g/mol. The first-order valence-electron chi connectivity index (χ1n) is 7.16. The molecule has 1 unspecified atom stereocenters. The summed E-state index contributed by atoms with van der Waals surface area (Å²) in [5.41, 5.74) is 1.49. The Hall–Kier alpha value is -1.94. The quantitative estimate of drug-likeness (QED) is 0.622. The number of rotatable bonds is 7. The molecule has 0 heterocycles. The molecule has 2 atom stereocenters. The van der Waals surface area contributed by atoms with Gasteiger partial charge < -0.3 is 9.63 Å². The largest absolute Gasteiger partial charge is 0.467 e. The van der Waals surface area contributed by atoms with Crippen LogP contribution >= 0.6 is 7.60 Å². The molecule has 23 heavy (non-hydrogen) atoms. The summed E-state index contributed by atoms with van der Waals surface area (Å²) >= 11 is 0. The SMILES string of the molecule is COC(=O)[C@@H](Cc1ccccc1)OP(=O)(O)Cc1ccccc1. The summed E-state index contributed by atoms with van der Waals surface area (Å²) in [6.45, 7) is 0. The number of methoxy groups -OCH3 is 1. The Bertz CT molecular complexity index is 672. The van der Waals surface area contributed by atoms with E-state index < -0.39 is 19.7 Å². The van der Waals surface area contributed by atoms with E-state index in [0.717, 1.165) is 5.56 Å². The zero-order valence-electron chi connectivity index (χ0n) is 12.8. The summed E-state index contributed by atoms with van der Waals surface area (Å²) in [4.78, 5) is 22.0. The maximum atomic E-state index is 12.3. The van der Waals surface area contributed by atoms with Crippen molar-refractivity contribution >= 4 is 13.6 Å². The molecule has 5 nitrogen and oxygen atoms in total. The zero-order valence-corrected chi connectivity index (χ0v) is 13.7. The summed E-state index contributed by atoms with van der Waals surface area (Å²) in [6.07, 6.45) is -1.11. The summed E-state index contributed by atoms with van der Waals surface area (Å²) in [7, 11) is -2.75. The van der Waals surface area contributed by atoms with Crippen LogP contribution < -0.4 is 0 Å². The van der Waals surface area contributed by atoms with E-state index >= 15 is 0 Å². The third kappa shape index (κ3) is 5.64. The molecule has 0 fully saturated rings. The number of carbonyl (C=O) groups excluding carboxylic acids is 1. The van der Waals surface area contributed by atoms with E-state index in [4.69, 9.17) is 4.52 Å². The van der Waals surface area contributed by atoms with Crippen molar-refractivity contribution in [3.05, 3.63) is 71.8 Å². The fourth-order valence-corrected chi connectivity index (χ4v) is 3.48. The van der Waals surface area contributed by atoms with Crippen molar-refractivity contribution in [1.29, 1.82) is 0 Å². The van der Waals surface area contributed by atoms with Gasteiger partial charge in [-0.05, 0) is 11.1 Å². The van der Waals surface area contributed by atoms with E-state index in [1.165, 1.54) is 7.11 Å². The highest BCUT2D eigenvalue weighted by molar-refractivity contribution is 7.52. The highest BCUT2D eigenvalue weighted by Gasteiger charge is 2.30. The van der Waals surface area contributed by atoms with Gasteiger partial charge in [-0.15, -0.1) is 0 Å². The molecule has 6 heteroatoms. The molecule has 0 aliphatic heterocycles. The molecule has 2 rings (SSSR count). The predicted molar refractivity (Wildman–Crippen MR) is 87.0 cm³/mol. The molecular formula is C17H19O5P. The van der Waals surface area contributed by atoms with Crippen molar-refractivity contribution in [3.8, 4) is 0 Å². The van der Waals surface area contributed by atoms with Gasteiger partial charge in [0.2, 0.25) is 0 Å². The van der Waals surface area contributed by atoms with Crippen LogP contribution in [0.3, 0.4) is 0 Å². The van der Waals surface area contributed by atoms with Crippen molar-refractivity contribution in [1.82, 2.24) is 0 Å². The Morgan fingerprint density at radius 1 is 1.04 bits per heavy atom. The molecule has 1 N–H and O–H groups in total. The normalized spacial score (nSPS) is 14.7. The van der Waals surface area contributed by atoms with Gasteiger partial charge in [0, 0.05) is 6.42 Å². The lowest BCUT2D eigenvalue weighted by Gasteiger charge is -2.19. The number of esters is 1. The number of hydrogen-bond donors (Lipinski definition) is 1. The van der Waals surface area contributed by atoms with Gasteiger partial charge in [0.1, 0.15) is 0 Å². The molecule has 0 amide bonds. The van der Waals surface area contributed by atoms with Crippen LogP contribution in [0.25, 0.3) is 0 Å². The third-order valence-electron chi connectivity index (χ3n) is 3.25. The molecule has 0 aromatic heterocycles. The Morgan fingerprint density at radius 3 is 2.09 bits per heavy atom. The topological polar surface area (TPSA) is 72.8 Å². The lowest BCUT2D eigenvalue weighted by molar-refractivity contribution is -0.149. The van der Waals surface area contributed by atoms with Crippen LogP contribution in [0.1, 0.15) is 11.1 Å². The first-order valence-corrected chi connectivity index (χ1v) is 8.92. The van der Waals surface area contributed by atoms with Crippen LogP contribution in [0, 0.1) is 0 Å². The smallest absolute Gasteiger partial charge is 0.335 e. The first kappa shape index (κ1) is 17.4. The first-order chi connectivity index (χ1) is 11.0. The van der Waals surface area contributed by atoms with Crippen molar-refractivity contribution in [3.63, 3.8) is 0 Å². The van der Waals surface area contributed by atoms with E-state index in [1.807, 2.05) is 36.4 Å². The molecule has 0 spiro atoms. The van der Waals surface area contributed by atoms with Crippen molar-refractivity contribution < 1.29 is 23.5 Å². The lowest BCUT2D eigenvalue weighted by atomic mass is 10.1. The van der Waals surface area contributed by atoms with Crippen LogP contribution in [0.5, 0.6) is 0 Å². The van der Waals surface area contributed by atoms with Crippen LogP contribution in [-0.4, -0.2) is 24.1 Å². The molecule has 0 saturated carbocycles. The molecule has 2 aromatic carbocycles. The number of carbonyl (C=O) groups is 1. The minimum atomic E-state index is -3.98. The van der Waals surface area contributed by atoms with Gasteiger partial charge in [-0.2, -0.15) is 0 Å². The van der Waals surface area contributed by atoms with Crippen LogP contribution in [0.2, 0.25) is 0 Å². The number of ether oxygens (including phenoxy) is 1. The molecule has 0 aliphatic rings. The molecular weight excluding hydrogens is 315 g/mol. The minimum Gasteiger partial charge on any atom is -0.467 e. The fourth-order valence-electron chi connectivity index (χ4n) is 2.17. The molecule has 0 aliphatic carbocycles. The van der Waals surface area contributed by atoms with Gasteiger partial charge in [0.05, 0.1) is 13.3 Å². The zero-order chi connectivity index (χ0) is 16.7. The van der Waals surface area contributed by atoms with Crippen molar-refractivity contribution in [2.75, 3.05) is 7.11 Å². The van der Waals surface area contributed by atoms with E-state index in [-0.39, 0.29) is 12.6 Å². The molecule has 0 bridgehead atoms. The van der Waals surface area contributed by atoms with Gasteiger partial charge in [-0.3, -0.25) is 9.09 Å². The van der Waals surface area contributed by atoms with Gasteiger partial charge in [-0.1, -0.05) is 60.7 Å². The molecule has 0 radical (unpaired) electrons. The fraction of sp³-hybridized carbons (Fsp3) is 0.235.